The molecule has 1 saturated heterocycles. The summed E-state index contributed by atoms with van der Waals surface area (Å²) in [5.41, 5.74) is 0.704. The van der Waals surface area contributed by atoms with Crippen LogP contribution in [-0.2, 0) is 19.6 Å². The average Bonchev–Trinajstić information content (AvgIpc) is 3.24. The van der Waals surface area contributed by atoms with Crippen molar-refractivity contribution in [2.45, 2.75) is 24.0 Å². The summed E-state index contributed by atoms with van der Waals surface area (Å²) in [7, 11) is -3.49. The van der Waals surface area contributed by atoms with Gasteiger partial charge < -0.3 is 10.1 Å². The number of ether oxygens (including phenoxy) is 1. The van der Waals surface area contributed by atoms with Gasteiger partial charge in [-0.05, 0) is 43.3 Å². The van der Waals surface area contributed by atoms with Crippen LogP contribution in [0.15, 0.2) is 46.0 Å². The van der Waals surface area contributed by atoms with Crippen molar-refractivity contribution < 1.29 is 22.7 Å². The monoisotopic (exact) mass is 422 g/mol. The van der Waals surface area contributed by atoms with Crippen molar-refractivity contribution in [3.63, 3.8) is 0 Å². The van der Waals surface area contributed by atoms with Gasteiger partial charge in [-0.3, -0.25) is 4.79 Å². The van der Waals surface area contributed by atoms with Crippen molar-refractivity contribution in [2.75, 3.05) is 25.0 Å². The Bertz CT molecular complexity index is 933. The summed E-state index contributed by atoms with van der Waals surface area (Å²) in [5.74, 6) is -1.02. The van der Waals surface area contributed by atoms with Gasteiger partial charge in [0.25, 0.3) is 10.0 Å². The third-order valence-corrected chi connectivity index (χ3v) is 7.87. The van der Waals surface area contributed by atoms with Crippen molar-refractivity contribution in [3.8, 4) is 0 Å². The average molecular weight is 423 g/mol. The van der Waals surface area contributed by atoms with Gasteiger partial charge in [-0.15, -0.1) is 11.3 Å². The standard InChI is InChI=1S/C19H22N2O5S2/c1-2-26-19(23)15-6-3-4-7-16(15)20-18(22)14-9-11-21(12-10-14)28(24,25)17-8-5-13-27-17/h3-8,13-14H,2,9-12H2,1H3,(H,20,22). The first-order chi connectivity index (χ1) is 13.4. The molecule has 0 radical (unpaired) electrons. The Morgan fingerprint density at radius 3 is 2.54 bits per heavy atom. The van der Waals surface area contributed by atoms with Crippen molar-refractivity contribution in [2.24, 2.45) is 5.92 Å². The number of nitrogens with one attached hydrogen (secondary N) is 1. The molecule has 1 aromatic heterocycles. The van der Waals surface area contributed by atoms with Crippen LogP contribution in [-0.4, -0.2) is 44.3 Å². The topological polar surface area (TPSA) is 92.8 Å². The van der Waals surface area contributed by atoms with E-state index in [0.717, 1.165) is 0 Å². The molecule has 1 aliphatic rings. The number of carbonyl (C=O) groups is 2. The highest BCUT2D eigenvalue weighted by atomic mass is 32.2. The second-order valence-electron chi connectivity index (χ2n) is 6.37. The second kappa shape index (κ2) is 8.85. The third-order valence-electron chi connectivity index (χ3n) is 4.59. The van der Waals surface area contributed by atoms with Gasteiger partial charge in [0.15, 0.2) is 0 Å². The maximum Gasteiger partial charge on any atom is 0.340 e. The molecule has 28 heavy (non-hydrogen) atoms. The molecule has 0 spiro atoms. The molecule has 1 aromatic carbocycles. The minimum atomic E-state index is -3.49. The van der Waals surface area contributed by atoms with Gasteiger partial charge in [0.05, 0.1) is 17.9 Å². The van der Waals surface area contributed by atoms with Gasteiger partial charge in [0, 0.05) is 19.0 Å². The molecule has 0 bridgehead atoms. The highest BCUT2D eigenvalue weighted by Gasteiger charge is 2.32. The van der Waals surface area contributed by atoms with Crippen LogP contribution in [0.25, 0.3) is 0 Å². The predicted molar refractivity (Wildman–Crippen MR) is 107 cm³/mol. The van der Waals surface area contributed by atoms with Crippen molar-refractivity contribution >= 4 is 38.9 Å². The van der Waals surface area contributed by atoms with Gasteiger partial charge in [-0.2, -0.15) is 4.31 Å². The van der Waals surface area contributed by atoms with Gasteiger partial charge in [-0.1, -0.05) is 18.2 Å². The fraction of sp³-hybridized carbons (Fsp3) is 0.368. The van der Waals surface area contributed by atoms with Crippen LogP contribution < -0.4 is 5.32 Å². The minimum Gasteiger partial charge on any atom is -0.462 e. The lowest BCUT2D eigenvalue weighted by atomic mass is 9.97. The van der Waals surface area contributed by atoms with E-state index in [1.165, 1.54) is 15.6 Å². The van der Waals surface area contributed by atoms with Crippen LogP contribution in [0.2, 0.25) is 0 Å². The Morgan fingerprint density at radius 2 is 1.89 bits per heavy atom. The molecule has 3 rings (SSSR count). The lowest BCUT2D eigenvalue weighted by molar-refractivity contribution is -0.120. The maximum absolute atomic E-state index is 12.7. The summed E-state index contributed by atoms with van der Waals surface area (Å²) in [6, 6.07) is 9.98. The molecule has 2 heterocycles. The lowest BCUT2D eigenvalue weighted by Crippen LogP contribution is -2.41. The zero-order valence-electron chi connectivity index (χ0n) is 15.5. The largest absolute Gasteiger partial charge is 0.462 e. The van der Waals surface area contributed by atoms with Crippen LogP contribution in [0, 0.1) is 5.92 Å². The molecule has 9 heteroatoms. The smallest absolute Gasteiger partial charge is 0.340 e. The Labute approximate surface area is 168 Å². The van der Waals surface area contributed by atoms with Crippen LogP contribution in [0.5, 0.6) is 0 Å². The maximum atomic E-state index is 12.7. The molecule has 0 atom stereocenters. The molecule has 1 aliphatic heterocycles. The van der Waals surface area contributed by atoms with E-state index in [2.05, 4.69) is 5.32 Å². The molecule has 2 aromatic rings. The second-order valence-corrected chi connectivity index (χ2v) is 9.48. The van der Waals surface area contributed by atoms with E-state index in [1.54, 1.807) is 48.7 Å². The first-order valence-electron chi connectivity index (χ1n) is 9.04. The van der Waals surface area contributed by atoms with Gasteiger partial charge in [0.1, 0.15) is 4.21 Å². The first-order valence-corrected chi connectivity index (χ1v) is 11.4. The number of thiophene rings is 1. The molecule has 0 saturated carbocycles. The zero-order chi connectivity index (χ0) is 20.1. The number of anilines is 1. The van der Waals surface area contributed by atoms with E-state index in [1.807, 2.05) is 0 Å². The quantitative estimate of drug-likeness (QED) is 0.723. The Morgan fingerprint density at radius 1 is 1.18 bits per heavy atom. The summed E-state index contributed by atoms with van der Waals surface area (Å²) in [4.78, 5) is 24.7. The number of hydrogen-bond acceptors (Lipinski definition) is 6. The van der Waals surface area contributed by atoms with Crippen LogP contribution in [0.4, 0.5) is 5.69 Å². The normalized spacial score (nSPS) is 15.9. The Kier molecular flexibility index (Phi) is 6.48. The summed E-state index contributed by atoms with van der Waals surface area (Å²) in [5, 5.41) is 4.53. The number of amides is 1. The number of rotatable bonds is 6. The van der Waals surface area contributed by atoms with Crippen LogP contribution >= 0.6 is 11.3 Å². The van der Waals surface area contributed by atoms with E-state index >= 15 is 0 Å². The Balaban J connectivity index is 1.63. The van der Waals surface area contributed by atoms with Gasteiger partial charge >= 0.3 is 5.97 Å². The predicted octanol–water partition coefficient (Wildman–Crippen LogP) is 2.96. The summed E-state index contributed by atoms with van der Waals surface area (Å²) < 4.78 is 31.9. The van der Waals surface area contributed by atoms with E-state index < -0.39 is 16.0 Å². The number of sulfonamides is 1. The van der Waals surface area contributed by atoms with E-state index in [9.17, 15) is 18.0 Å². The number of esters is 1. The molecular formula is C19H22N2O5S2. The highest BCUT2D eigenvalue weighted by Crippen LogP contribution is 2.27. The molecule has 150 valence electrons. The summed E-state index contributed by atoms with van der Waals surface area (Å²) >= 11 is 1.19. The van der Waals surface area contributed by atoms with E-state index in [0.29, 0.717) is 28.3 Å². The van der Waals surface area contributed by atoms with Gasteiger partial charge in [0.2, 0.25) is 5.91 Å². The highest BCUT2D eigenvalue weighted by molar-refractivity contribution is 7.91. The van der Waals surface area contributed by atoms with Crippen LogP contribution in [0.1, 0.15) is 30.1 Å². The summed E-state index contributed by atoms with van der Waals surface area (Å²) in [6.07, 6.45) is 0.857. The third kappa shape index (κ3) is 4.43. The fourth-order valence-electron chi connectivity index (χ4n) is 3.11. The SMILES string of the molecule is CCOC(=O)c1ccccc1NC(=O)C1CCN(S(=O)(=O)c2cccs2)CC1. The fourth-order valence-corrected chi connectivity index (χ4v) is 5.72. The lowest BCUT2D eigenvalue weighted by Gasteiger charge is -2.30. The molecule has 1 fully saturated rings. The number of para-hydroxylation sites is 1. The molecule has 7 nitrogen and oxygen atoms in total. The molecule has 1 N–H and O–H groups in total. The van der Waals surface area contributed by atoms with Crippen LogP contribution in [0.3, 0.4) is 0 Å². The number of nitrogens with zero attached hydrogens (tertiary/aromatic N) is 1. The number of carbonyl (C=O) groups excluding carboxylic acids is 2. The molecule has 0 aliphatic carbocycles. The van der Waals surface area contributed by atoms with Crippen molar-refractivity contribution in [1.29, 1.82) is 0 Å². The molecular weight excluding hydrogens is 400 g/mol. The number of piperidine rings is 1. The zero-order valence-corrected chi connectivity index (χ0v) is 17.1. The molecule has 1 amide bonds. The van der Waals surface area contributed by atoms with E-state index in [4.69, 9.17) is 4.74 Å². The minimum absolute atomic E-state index is 0.218. The first kappa shape index (κ1) is 20.5. The van der Waals surface area contributed by atoms with Gasteiger partial charge in [-0.25, -0.2) is 13.2 Å². The molecule has 0 unspecified atom stereocenters. The summed E-state index contributed by atoms with van der Waals surface area (Å²) in [6.45, 7) is 2.55. The van der Waals surface area contributed by atoms with Crippen molar-refractivity contribution in [1.82, 2.24) is 4.31 Å². The van der Waals surface area contributed by atoms with Crippen molar-refractivity contribution in [3.05, 3.63) is 47.3 Å². The number of hydrogen-bond donors (Lipinski definition) is 1. The van der Waals surface area contributed by atoms with E-state index in [-0.39, 0.29) is 31.5 Å². The Hall–Kier alpha value is -2.23. The number of benzene rings is 1.